The van der Waals surface area contributed by atoms with Crippen molar-refractivity contribution in [1.82, 2.24) is 0 Å². The van der Waals surface area contributed by atoms with Crippen LogP contribution in [0.15, 0.2) is 24.3 Å². The van der Waals surface area contributed by atoms with Crippen molar-refractivity contribution in [2.24, 2.45) is 0 Å². The van der Waals surface area contributed by atoms with Gasteiger partial charge in [-0.2, -0.15) is 0 Å². The monoisotopic (exact) mass is 556 g/mol. The predicted molar refractivity (Wildman–Crippen MR) is 155 cm³/mol. The maximum Gasteiger partial charge on any atom is 0.330 e. The molecule has 0 spiro atoms. The molecule has 2 unspecified atom stereocenters. The van der Waals surface area contributed by atoms with Gasteiger partial charge in [-0.25, -0.2) is 0 Å². The summed E-state index contributed by atoms with van der Waals surface area (Å²) < 4.78 is 22.2. The Labute approximate surface area is 233 Å². The Morgan fingerprint density at radius 2 is 1.45 bits per heavy atom. The highest BCUT2D eigenvalue weighted by Gasteiger charge is 2.18. The summed E-state index contributed by atoms with van der Waals surface area (Å²) in [6.07, 6.45) is 17.1. The predicted octanol–water partition coefficient (Wildman–Crippen LogP) is 6.47. The maximum atomic E-state index is 12.1. The highest BCUT2D eigenvalue weighted by atomic mass is 31.2. The minimum Gasteiger partial charge on any atom is -0.494 e. The molecule has 220 valence electrons. The number of hydrogen-bond acceptors (Lipinski definition) is 6. The van der Waals surface area contributed by atoms with Gasteiger partial charge in [-0.05, 0) is 30.5 Å². The number of esters is 1. The standard InChI is InChI=1S/C30H54NO6P/c1-4-6-7-8-9-10-11-12-13-14-15-16-23-34-28-20-18-27(19-21-28)25-29(37-30(32)17-5-2)26-36-38(33)35-24-22-31-3/h18-21,29,31,33H,4-17,22-26H2,1-3H3/p+1. The van der Waals surface area contributed by atoms with Crippen LogP contribution in [0.5, 0.6) is 5.75 Å². The number of quaternary nitrogens is 1. The number of ether oxygens (including phenoxy) is 2. The van der Waals surface area contributed by atoms with E-state index in [9.17, 15) is 9.69 Å². The Bertz CT molecular complexity index is 675. The van der Waals surface area contributed by atoms with E-state index >= 15 is 0 Å². The molecular formula is C30H55NO6P+. The van der Waals surface area contributed by atoms with Gasteiger partial charge in [0.25, 0.3) is 0 Å². The van der Waals surface area contributed by atoms with Crippen molar-refractivity contribution in [3.8, 4) is 5.75 Å². The van der Waals surface area contributed by atoms with Crippen molar-refractivity contribution < 1.29 is 33.5 Å². The van der Waals surface area contributed by atoms with Gasteiger partial charge in [0.05, 0.1) is 26.8 Å². The lowest BCUT2D eigenvalue weighted by Gasteiger charge is -2.19. The third kappa shape index (κ3) is 19.8. The summed E-state index contributed by atoms with van der Waals surface area (Å²) in [5.74, 6) is 0.597. The molecule has 0 heterocycles. The smallest absolute Gasteiger partial charge is 0.330 e. The average Bonchev–Trinajstić information content (AvgIpc) is 2.91. The first-order valence-electron chi connectivity index (χ1n) is 15.0. The van der Waals surface area contributed by atoms with E-state index in [1.165, 1.54) is 70.6 Å². The van der Waals surface area contributed by atoms with Gasteiger partial charge < -0.3 is 28.7 Å². The summed E-state index contributed by atoms with van der Waals surface area (Å²) in [5.41, 5.74) is 1.02. The van der Waals surface area contributed by atoms with Crippen LogP contribution in [0.1, 0.15) is 109 Å². The molecule has 0 fully saturated rings. The molecule has 38 heavy (non-hydrogen) atoms. The zero-order chi connectivity index (χ0) is 27.7. The molecule has 1 rings (SSSR count). The number of carbonyl (C=O) groups excluding carboxylic acids is 1. The van der Waals surface area contributed by atoms with Crippen LogP contribution in [0, 0.1) is 0 Å². The lowest BCUT2D eigenvalue weighted by atomic mass is 10.1. The minimum absolute atomic E-state index is 0.0880. The first kappa shape index (κ1) is 34.8. The van der Waals surface area contributed by atoms with Gasteiger partial charge in [-0.15, -0.1) is 0 Å². The van der Waals surface area contributed by atoms with Crippen LogP contribution in [0.2, 0.25) is 0 Å². The van der Waals surface area contributed by atoms with E-state index < -0.39 is 14.7 Å². The van der Waals surface area contributed by atoms with Crippen molar-refractivity contribution in [2.45, 2.75) is 116 Å². The fourth-order valence-corrected chi connectivity index (χ4v) is 4.76. The van der Waals surface area contributed by atoms with Crippen LogP contribution in [-0.4, -0.2) is 50.4 Å². The number of rotatable bonds is 26. The Kier molecular flexibility index (Phi) is 22.7. The summed E-state index contributed by atoms with van der Waals surface area (Å²) in [6.45, 7) is 6.17. The van der Waals surface area contributed by atoms with Crippen LogP contribution in [0.4, 0.5) is 0 Å². The number of benzene rings is 1. The molecular weight excluding hydrogens is 501 g/mol. The first-order chi connectivity index (χ1) is 18.6. The van der Waals surface area contributed by atoms with E-state index in [1.54, 1.807) is 0 Å². The molecule has 0 aliphatic heterocycles. The van der Waals surface area contributed by atoms with E-state index in [0.717, 1.165) is 37.3 Å². The van der Waals surface area contributed by atoms with Gasteiger partial charge in [0, 0.05) is 12.8 Å². The molecule has 1 aromatic rings. The fourth-order valence-electron chi connectivity index (χ4n) is 4.13. The third-order valence-corrected chi connectivity index (χ3v) is 7.16. The SMILES string of the molecule is CCCCCCCCCCCCCCOc1ccc(CC(COP(O)OCC[NH2+]C)OC(=O)CCC)cc1. The summed E-state index contributed by atoms with van der Waals surface area (Å²) in [6, 6.07) is 7.91. The largest absolute Gasteiger partial charge is 0.494 e. The van der Waals surface area contributed by atoms with Crippen molar-refractivity contribution in [3.63, 3.8) is 0 Å². The summed E-state index contributed by atoms with van der Waals surface area (Å²) in [5, 5.41) is 1.96. The molecule has 7 nitrogen and oxygen atoms in total. The first-order valence-corrected chi connectivity index (χ1v) is 16.2. The average molecular weight is 557 g/mol. The number of nitrogens with two attached hydrogens (primary N) is 1. The van der Waals surface area contributed by atoms with Gasteiger partial charge >= 0.3 is 14.6 Å². The van der Waals surface area contributed by atoms with Gasteiger partial charge in [0.1, 0.15) is 18.5 Å². The van der Waals surface area contributed by atoms with E-state index in [4.69, 9.17) is 18.5 Å². The fraction of sp³-hybridized carbons (Fsp3) is 0.767. The Hall–Kier alpha value is -1.24. The van der Waals surface area contributed by atoms with Crippen molar-refractivity contribution in [3.05, 3.63) is 29.8 Å². The molecule has 0 bridgehead atoms. The molecule has 0 saturated heterocycles. The number of carbonyl (C=O) groups is 1. The Morgan fingerprint density at radius 3 is 2.03 bits per heavy atom. The summed E-state index contributed by atoms with van der Waals surface area (Å²) in [7, 11) is -0.0544. The third-order valence-electron chi connectivity index (χ3n) is 6.38. The lowest BCUT2D eigenvalue weighted by molar-refractivity contribution is -0.627. The van der Waals surface area contributed by atoms with Crippen molar-refractivity contribution >= 4 is 14.6 Å². The van der Waals surface area contributed by atoms with Gasteiger partial charge in [0.15, 0.2) is 0 Å². The van der Waals surface area contributed by atoms with E-state index in [2.05, 4.69) is 6.92 Å². The zero-order valence-corrected chi connectivity index (χ0v) is 25.2. The highest BCUT2D eigenvalue weighted by Crippen LogP contribution is 2.32. The second kappa shape index (κ2) is 24.8. The summed E-state index contributed by atoms with van der Waals surface area (Å²) >= 11 is 0. The second-order valence-corrected chi connectivity index (χ2v) is 11.0. The number of likely N-dealkylation sites (N-methyl/N-ethyl adjacent to an activating group) is 1. The Balaban J connectivity index is 2.26. The molecule has 1 aromatic carbocycles. The molecule has 0 aliphatic carbocycles. The molecule has 0 amide bonds. The normalized spacial score (nSPS) is 12.8. The molecule has 0 saturated carbocycles. The maximum absolute atomic E-state index is 12.1. The van der Waals surface area contributed by atoms with Crippen LogP contribution in [-0.2, 0) is 25.0 Å². The van der Waals surface area contributed by atoms with E-state index in [1.807, 2.05) is 43.6 Å². The quantitative estimate of drug-likeness (QED) is 0.0773. The number of hydrogen-bond donors (Lipinski definition) is 2. The van der Waals surface area contributed by atoms with Gasteiger partial charge in [0.2, 0.25) is 0 Å². The van der Waals surface area contributed by atoms with E-state index in [-0.39, 0.29) is 12.6 Å². The summed E-state index contributed by atoms with van der Waals surface area (Å²) in [4.78, 5) is 22.0. The van der Waals surface area contributed by atoms with Crippen molar-refractivity contribution in [1.29, 1.82) is 0 Å². The minimum atomic E-state index is -1.99. The molecule has 3 N–H and O–H groups in total. The van der Waals surface area contributed by atoms with Gasteiger partial charge in [-0.1, -0.05) is 96.6 Å². The van der Waals surface area contributed by atoms with Gasteiger partial charge in [-0.3, -0.25) is 4.79 Å². The van der Waals surface area contributed by atoms with E-state index in [0.29, 0.717) is 19.4 Å². The topological polar surface area (TPSA) is 90.8 Å². The zero-order valence-electron chi connectivity index (χ0n) is 24.3. The number of unbranched alkanes of at least 4 members (excludes halogenated alkanes) is 11. The molecule has 0 radical (unpaired) electrons. The molecule has 8 heteroatoms. The van der Waals surface area contributed by atoms with Crippen LogP contribution in [0.25, 0.3) is 0 Å². The second-order valence-electron chi connectivity index (χ2n) is 10.0. The lowest BCUT2D eigenvalue weighted by Crippen LogP contribution is -2.80. The molecule has 2 atom stereocenters. The highest BCUT2D eigenvalue weighted by molar-refractivity contribution is 7.40. The van der Waals surface area contributed by atoms with Crippen LogP contribution < -0.4 is 10.1 Å². The molecule has 0 aromatic heterocycles. The van der Waals surface area contributed by atoms with Crippen LogP contribution >= 0.6 is 8.60 Å². The molecule has 0 aliphatic rings. The van der Waals surface area contributed by atoms with Crippen molar-refractivity contribution in [2.75, 3.05) is 33.4 Å². The Morgan fingerprint density at radius 1 is 0.842 bits per heavy atom. The van der Waals surface area contributed by atoms with Crippen LogP contribution in [0.3, 0.4) is 0 Å².